The van der Waals surface area contributed by atoms with Gasteiger partial charge in [0.05, 0.1) is 11.1 Å². The second kappa shape index (κ2) is 5.07. The summed E-state index contributed by atoms with van der Waals surface area (Å²) in [5, 5.41) is 2.67. The number of nitrogens with one attached hydrogen (secondary N) is 1. The maximum atomic E-state index is 11.7. The number of rotatable bonds is 2. The minimum atomic E-state index is -0.966. The van der Waals surface area contributed by atoms with Crippen LogP contribution in [0.4, 0.5) is 5.69 Å². The van der Waals surface area contributed by atoms with Crippen molar-refractivity contribution in [3.63, 3.8) is 0 Å². The van der Waals surface area contributed by atoms with Gasteiger partial charge in [-0.2, -0.15) is 0 Å². The number of carbonyl (C=O) groups is 1. The molecule has 0 saturated carbocycles. The molecule has 1 amide bonds. The lowest BCUT2D eigenvalue weighted by Crippen LogP contribution is -2.45. The Labute approximate surface area is 116 Å². The summed E-state index contributed by atoms with van der Waals surface area (Å²) in [6.07, 6.45) is 0. The summed E-state index contributed by atoms with van der Waals surface area (Å²) in [5.41, 5.74) is 6.35. The molecule has 0 saturated heterocycles. The van der Waals surface area contributed by atoms with Gasteiger partial charge in [-0.3, -0.25) is 9.36 Å². The van der Waals surface area contributed by atoms with Crippen molar-refractivity contribution in [2.24, 2.45) is 12.8 Å². The second-order valence-corrected chi connectivity index (χ2v) is 4.79. The number of nitrogens with zero attached hydrogens (tertiary/aromatic N) is 1. The number of anilines is 1. The summed E-state index contributed by atoms with van der Waals surface area (Å²) in [4.78, 5) is 23.0. The molecule has 0 atom stereocenters. The van der Waals surface area contributed by atoms with Crippen molar-refractivity contribution in [3.05, 3.63) is 28.7 Å². The third kappa shape index (κ3) is 2.97. The number of fused-ring (bicyclic) bond motifs is 1. The number of hydrogen-bond donors (Lipinski definition) is 2. The Hall–Kier alpha value is -1.79. The van der Waals surface area contributed by atoms with Gasteiger partial charge in [-0.05, 0) is 26.0 Å². The Morgan fingerprint density at radius 3 is 2.63 bits per heavy atom. The van der Waals surface area contributed by atoms with Gasteiger partial charge in [0.1, 0.15) is 0 Å². The number of aryl methyl sites for hydroxylation is 1. The van der Waals surface area contributed by atoms with Crippen LogP contribution in [0.25, 0.3) is 11.1 Å². The van der Waals surface area contributed by atoms with Crippen LogP contribution in [0.3, 0.4) is 0 Å². The van der Waals surface area contributed by atoms with E-state index in [2.05, 4.69) is 5.32 Å². The fourth-order valence-corrected chi connectivity index (χ4v) is 1.50. The molecular formula is C12H16ClN3O3. The highest BCUT2D eigenvalue weighted by Crippen LogP contribution is 2.18. The quantitative estimate of drug-likeness (QED) is 0.868. The molecule has 2 aromatic rings. The van der Waals surface area contributed by atoms with Crippen molar-refractivity contribution in [1.29, 1.82) is 0 Å². The third-order valence-corrected chi connectivity index (χ3v) is 2.64. The highest BCUT2D eigenvalue weighted by Gasteiger charge is 2.22. The van der Waals surface area contributed by atoms with E-state index in [1.54, 1.807) is 39.1 Å². The Morgan fingerprint density at radius 2 is 2.05 bits per heavy atom. The minimum absolute atomic E-state index is 0. The summed E-state index contributed by atoms with van der Waals surface area (Å²) >= 11 is 0. The number of hydrogen-bond acceptors (Lipinski definition) is 4. The van der Waals surface area contributed by atoms with Crippen LogP contribution in [-0.4, -0.2) is 16.0 Å². The standard InChI is InChI=1S/C12H15N3O3.ClH/c1-12(2,13)10(16)14-7-4-5-8-9(6-7)18-11(17)15(8)3;/h4-6H,13H2,1-3H3,(H,14,16);1H. The van der Waals surface area contributed by atoms with Crippen LogP contribution in [-0.2, 0) is 11.8 Å². The summed E-state index contributed by atoms with van der Waals surface area (Å²) < 4.78 is 6.43. The van der Waals surface area contributed by atoms with Crippen LogP contribution >= 0.6 is 12.4 Å². The van der Waals surface area contributed by atoms with Crippen molar-refractivity contribution in [2.45, 2.75) is 19.4 Å². The van der Waals surface area contributed by atoms with Gasteiger partial charge in [0.15, 0.2) is 5.58 Å². The molecule has 0 spiro atoms. The average Bonchev–Trinajstić information content (AvgIpc) is 2.53. The Bertz CT molecular complexity index is 667. The molecule has 2 rings (SSSR count). The molecule has 1 heterocycles. The van der Waals surface area contributed by atoms with Crippen molar-refractivity contribution in [3.8, 4) is 0 Å². The summed E-state index contributed by atoms with van der Waals surface area (Å²) in [6, 6.07) is 5.00. The fourth-order valence-electron chi connectivity index (χ4n) is 1.50. The largest absolute Gasteiger partial charge is 0.419 e. The molecule has 0 bridgehead atoms. The second-order valence-electron chi connectivity index (χ2n) is 4.79. The van der Waals surface area contributed by atoms with Gasteiger partial charge in [0.2, 0.25) is 5.91 Å². The van der Waals surface area contributed by atoms with Crippen LogP contribution in [0.1, 0.15) is 13.8 Å². The van der Waals surface area contributed by atoms with Crippen LogP contribution in [0.2, 0.25) is 0 Å². The van der Waals surface area contributed by atoms with Gasteiger partial charge < -0.3 is 15.5 Å². The number of aromatic nitrogens is 1. The van der Waals surface area contributed by atoms with Crippen LogP contribution in [0.15, 0.2) is 27.4 Å². The van der Waals surface area contributed by atoms with E-state index in [1.165, 1.54) is 4.57 Å². The molecule has 7 heteroatoms. The van der Waals surface area contributed by atoms with Crippen LogP contribution in [0, 0.1) is 0 Å². The number of oxazole rings is 1. The number of amides is 1. The zero-order valence-corrected chi connectivity index (χ0v) is 11.7. The zero-order chi connectivity index (χ0) is 13.5. The molecule has 6 nitrogen and oxygen atoms in total. The Morgan fingerprint density at radius 1 is 1.42 bits per heavy atom. The van der Waals surface area contributed by atoms with E-state index >= 15 is 0 Å². The van der Waals surface area contributed by atoms with E-state index in [9.17, 15) is 9.59 Å². The maximum Gasteiger partial charge on any atom is 0.419 e. The highest BCUT2D eigenvalue weighted by molar-refractivity contribution is 5.98. The minimum Gasteiger partial charge on any atom is -0.408 e. The van der Waals surface area contributed by atoms with Gasteiger partial charge >= 0.3 is 5.76 Å². The van der Waals surface area contributed by atoms with E-state index in [0.717, 1.165) is 0 Å². The van der Waals surface area contributed by atoms with Gasteiger partial charge in [-0.15, -0.1) is 12.4 Å². The van der Waals surface area contributed by atoms with Crippen molar-refractivity contribution in [2.75, 3.05) is 5.32 Å². The first-order chi connectivity index (χ1) is 8.29. The summed E-state index contributed by atoms with van der Waals surface area (Å²) in [7, 11) is 1.62. The van der Waals surface area contributed by atoms with Crippen LogP contribution in [0.5, 0.6) is 0 Å². The molecule has 1 aromatic carbocycles. The molecule has 0 unspecified atom stereocenters. The molecule has 0 aliphatic heterocycles. The van der Waals surface area contributed by atoms with E-state index in [-0.39, 0.29) is 18.3 Å². The lowest BCUT2D eigenvalue weighted by Gasteiger charge is -2.17. The molecular weight excluding hydrogens is 270 g/mol. The van der Waals surface area contributed by atoms with E-state index in [0.29, 0.717) is 16.8 Å². The predicted molar refractivity (Wildman–Crippen MR) is 75.6 cm³/mol. The van der Waals surface area contributed by atoms with Gasteiger partial charge in [0, 0.05) is 18.8 Å². The number of benzene rings is 1. The summed E-state index contributed by atoms with van der Waals surface area (Å²) in [5.74, 6) is -0.743. The molecule has 0 radical (unpaired) electrons. The lowest BCUT2D eigenvalue weighted by molar-refractivity contribution is -0.120. The average molecular weight is 286 g/mol. The molecule has 0 fully saturated rings. The highest BCUT2D eigenvalue weighted by atomic mass is 35.5. The zero-order valence-electron chi connectivity index (χ0n) is 10.9. The number of carbonyl (C=O) groups excluding carboxylic acids is 1. The van der Waals surface area contributed by atoms with Crippen molar-refractivity contribution in [1.82, 2.24) is 4.57 Å². The van der Waals surface area contributed by atoms with Crippen molar-refractivity contribution >= 4 is 35.1 Å². The van der Waals surface area contributed by atoms with Crippen LogP contribution < -0.4 is 16.8 Å². The monoisotopic (exact) mass is 285 g/mol. The Balaban J connectivity index is 0.00000180. The SMILES string of the molecule is Cl.Cn1c(=O)oc2cc(NC(=O)C(C)(C)N)ccc21. The van der Waals surface area contributed by atoms with E-state index in [1.807, 2.05) is 0 Å². The number of halogens is 1. The van der Waals surface area contributed by atoms with E-state index < -0.39 is 11.3 Å². The van der Waals surface area contributed by atoms with Gasteiger partial charge in [-0.1, -0.05) is 0 Å². The first-order valence-corrected chi connectivity index (χ1v) is 5.49. The molecule has 0 aliphatic rings. The smallest absolute Gasteiger partial charge is 0.408 e. The topological polar surface area (TPSA) is 90.3 Å². The predicted octanol–water partition coefficient (Wildman–Crippen LogP) is 1.23. The molecule has 104 valence electrons. The van der Waals surface area contributed by atoms with E-state index in [4.69, 9.17) is 10.2 Å². The molecule has 19 heavy (non-hydrogen) atoms. The third-order valence-electron chi connectivity index (χ3n) is 2.64. The Kier molecular flexibility index (Phi) is 4.07. The number of nitrogens with two attached hydrogens (primary N) is 1. The van der Waals surface area contributed by atoms with Gasteiger partial charge in [-0.25, -0.2) is 4.79 Å². The fraction of sp³-hybridized carbons (Fsp3) is 0.333. The summed E-state index contributed by atoms with van der Waals surface area (Å²) in [6.45, 7) is 3.23. The maximum absolute atomic E-state index is 11.7. The first kappa shape index (κ1) is 15.3. The molecule has 3 N–H and O–H groups in total. The van der Waals surface area contributed by atoms with Crippen molar-refractivity contribution < 1.29 is 9.21 Å². The molecule has 0 aliphatic carbocycles. The molecule has 1 aromatic heterocycles. The van der Waals surface area contributed by atoms with Gasteiger partial charge in [0.25, 0.3) is 0 Å². The first-order valence-electron chi connectivity index (χ1n) is 5.49. The normalized spacial score (nSPS) is 11.2. The lowest BCUT2D eigenvalue weighted by atomic mass is 10.1.